The second-order valence-corrected chi connectivity index (χ2v) is 14.3. The number of nitrogens with zero attached hydrogens (tertiary/aromatic N) is 2. The minimum atomic E-state index is -0.647. The standard InChI is InChI=1S/C38H50N4O4/c1-25(2)35(44)42(8)31-20-14-26(15-21-31)22-33(43)40-30-23-32(27-12-10-9-11-13-27)34(39-24-30)28-16-18-29(19-17-28)38(6,7)41-36(45)46-37(3,4)5/h9-13,16-19,23-26,31H,14-15,20-22H2,1-8H3,(H,40,43)(H,41,45). The molecule has 1 heterocycles. The smallest absolute Gasteiger partial charge is 0.408 e. The van der Waals surface area contributed by atoms with E-state index in [1.165, 1.54) is 0 Å². The number of amides is 3. The summed E-state index contributed by atoms with van der Waals surface area (Å²) in [4.78, 5) is 44.7. The molecule has 0 radical (unpaired) electrons. The first kappa shape index (κ1) is 34.7. The summed E-state index contributed by atoms with van der Waals surface area (Å²) in [6.45, 7) is 13.3. The molecule has 1 aromatic heterocycles. The number of nitrogens with one attached hydrogen (secondary N) is 2. The van der Waals surface area contributed by atoms with Crippen LogP contribution in [-0.2, 0) is 19.9 Å². The monoisotopic (exact) mass is 626 g/mol. The molecule has 0 atom stereocenters. The second kappa shape index (κ2) is 14.5. The van der Waals surface area contributed by atoms with E-state index in [0.717, 1.165) is 53.6 Å². The van der Waals surface area contributed by atoms with Crippen molar-refractivity contribution in [3.8, 4) is 22.4 Å². The molecule has 46 heavy (non-hydrogen) atoms. The minimum absolute atomic E-state index is 0.00565. The topological polar surface area (TPSA) is 101 Å². The van der Waals surface area contributed by atoms with Crippen LogP contribution in [0.25, 0.3) is 22.4 Å². The van der Waals surface area contributed by atoms with Gasteiger partial charge in [-0.3, -0.25) is 14.6 Å². The fourth-order valence-corrected chi connectivity index (χ4v) is 6.07. The molecule has 1 aliphatic rings. The molecule has 246 valence electrons. The lowest BCUT2D eigenvalue weighted by molar-refractivity contribution is -0.136. The molecule has 8 nitrogen and oxygen atoms in total. The van der Waals surface area contributed by atoms with E-state index in [4.69, 9.17) is 9.72 Å². The van der Waals surface area contributed by atoms with Crippen LogP contribution in [0.2, 0.25) is 0 Å². The molecule has 3 aromatic rings. The van der Waals surface area contributed by atoms with Gasteiger partial charge in [0.25, 0.3) is 0 Å². The molecule has 0 bridgehead atoms. The van der Waals surface area contributed by atoms with E-state index in [9.17, 15) is 14.4 Å². The summed E-state index contributed by atoms with van der Waals surface area (Å²) in [6.07, 6.45) is 5.41. The molecule has 2 N–H and O–H groups in total. The first-order chi connectivity index (χ1) is 21.6. The summed E-state index contributed by atoms with van der Waals surface area (Å²) in [5.41, 5.74) is 3.99. The number of carbonyl (C=O) groups excluding carboxylic acids is 3. The van der Waals surface area contributed by atoms with Crippen LogP contribution >= 0.6 is 0 Å². The van der Waals surface area contributed by atoms with Gasteiger partial charge in [0.05, 0.1) is 23.1 Å². The summed E-state index contributed by atoms with van der Waals surface area (Å²) >= 11 is 0. The molecular weight excluding hydrogens is 576 g/mol. The van der Waals surface area contributed by atoms with Crippen LogP contribution in [0.15, 0.2) is 66.9 Å². The first-order valence-corrected chi connectivity index (χ1v) is 16.4. The van der Waals surface area contributed by atoms with Gasteiger partial charge in [-0.25, -0.2) is 4.79 Å². The maximum Gasteiger partial charge on any atom is 0.408 e. The van der Waals surface area contributed by atoms with E-state index in [0.29, 0.717) is 18.0 Å². The Morgan fingerprint density at radius 3 is 2.13 bits per heavy atom. The van der Waals surface area contributed by atoms with Gasteiger partial charge in [-0.2, -0.15) is 0 Å². The zero-order chi connectivity index (χ0) is 33.6. The van der Waals surface area contributed by atoms with Crippen LogP contribution in [0, 0.1) is 11.8 Å². The van der Waals surface area contributed by atoms with Crippen molar-refractivity contribution in [3.05, 3.63) is 72.4 Å². The molecule has 1 aliphatic carbocycles. The van der Waals surface area contributed by atoms with E-state index in [1.54, 1.807) is 6.20 Å². The number of ether oxygens (including phenoxy) is 1. The van der Waals surface area contributed by atoms with Crippen molar-refractivity contribution in [2.75, 3.05) is 12.4 Å². The molecule has 4 rings (SSSR count). The zero-order valence-corrected chi connectivity index (χ0v) is 28.6. The minimum Gasteiger partial charge on any atom is -0.444 e. The van der Waals surface area contributed by atoms with Gasteiger partial charge in [-0.1, -0.05) is 68.4 Å². The van der Waals surface area contributed by atoms with Crippen molar-refractivity contribution in [1.82, 2.24) is 15.2 Å². The Bertz CT molecular complexity index is 1500. The number of carbonyl (C=O) groups is 3. The summed E-state index contributed by atoms with van der Waals surface area (Å²) < 4.78 is 5.46. The average molecular weight is 627 g/mol. The Balaban J connectivity index is 1.46. The van der Waals surface area contributed by atoms with Crippen LogP contribution in [-0.4, -0.2) is 46.5 Å². The van der Waals surface area contributed by atoms with Gasteiger partial charge in [0.2, 0.25) is 11.8 Å². The average Bonchev–Trinajstić information content (AvgIpc) is 3.00. The van der Waals surface area contributed by atoms with Gasteiger partial charge in [0.1, 0.15) is 5.60 Å². The second-order valence-electron chi connectivity index (χ2n) is 14.3. The highest BCUT2D eigenvalue weighted by molar-refractivity contribution is 5.93. The summed E-state index contributed by atoms with van der Waals surface area (Å²) in [5.74, 6) is 0.454. The van der Waals surface area contributed by atoms with E-state index in [1.807, 2.05) is 121 Å². The summed E-state index contributed by atoms with van der Waals surface area (Å²) in [5, 5.41) is 6.05. The molecule has 1 fully saturated rings. The van der Waals surface area contributed by atoms with Crippen molar-refractivity contribution in [3.63, 3.8) is 0 Å². The number of alkyl carbamates (subject to hydrolysis) is 1. The number of hydrogen-bond acceptors (Lipinski definition) is 5. The van der Waals surface area contributed by atoms with Crippen molar-refractivity contribution in [2.45, 2.75) is 97.8 Å². The van der Waals surface area contributed by atoms with Crippen LogP contribution in [0.4, 0.5) is 10.5 Å². The lowest BCUT2D eigenvalue weighted by atomic mass is 9.83. The highest BCUT2D eigenvalue weighted by atomic mass is 16.6. The van der Waals surface area contributed by atoms with Crippen molar-refractivity contribution >= 4 is 23.6 Å². The van der Waals surface area contributed by atoms with Crippen molar-refractivity contribution in [2.24, 2.45) is 11.8 Å². The summed E-state index contributed by atoms with van der Waals surface area (Å²) in [7, 11) is 1.90. The molecule has 0 unspecified atom stereocenters. The fraction of sp³-hybridized carbons (Fsp3) is 0.474. The van der Waals surface area contributed by atoms with Gasteiger partial charge in [0.15, 0.2) is 0 Å². The third-order valence-corrected chi connectivity index (χ3v) is 8.63. The molecule has 1 saturated carbocycles. The molecule has 3 amide bonds. The molecule has 0 aliphatic heterocycles. The summed E-state index contributed by atoms with van der Waals surface area (Å²) in [6, 6.07) is 20.2. The SMILES string of the molecule is CC(C)C(=O)N(C)C1CCC(CC(=O)Nc2cnc(-c3ccc(C(C)(C)NC(=O)OC(C)(C)C)cc3)c(-c3ccccc3)c2)CC1. The predicted octanol–water partition coefficient (Wildman–Crippen LogP) is 8.18. The Hall–Kier alpha value is -4.20. The van der Waals surface area contributed by atoms with Gasteiger partial charge in [-0.05, 0) is 83.4 Å². The number of hydrogen-bond donors (Lipinski definition) is 2. The largest absolute Gasteiger partial charge is 0.444 e. The van der Waals surface area contributed by atoms with Crippen LogP contribution in [0.5, 0.6) is 0 Å². The first-order valence-electron chi connectivity index (χ1n) is 16.4. The Labute approximate surface area is 274 Å². The Kier molecular flexibility index (Phi) is 10.9. The van der Waals surface area contributed by atoms with E-state index >= 15 is 0 Å². The van der Waals surface area contributed by atoms with Crippen LogP contribution in [0.3, 0.4) is 0 Å². The van der Waals surface area contributed by atoms with Crippen molar-refractivity contribution in [1.29, 1.82) is 0 Å². The van der Waals surface area contributed by atoms with Crippen LogP contribution in [0.1, 0.15) is 86.1 Å². The Morgan fingerprint density at radius 2 is 1.54 bits per heavy atom. The van der Waals surface area contributed by atoms with E-state index < -0.39 is 17.2 Å². The quantitative estimate of drug-likeness (QED) is 0.250. The third kappa shape index (κ3) is 9.18. The van der Waals surface area contributed by atoms with Gasteiger partial charge >= 0.3 is 6.09 Å². The number of pyridine rings is 1. The van der Waals surface area contributed by atoms with E-state index in [2.05, 4.69) is 10.6 Å². The third-order valence-electron chi connectivity index (χ3n) is 8.63. The number of aromatic nitrogens is 1. The molecule has 2 aromatic carbocycles. The highest BCUT2D eigenvalue weighted by Crippen LogP contribution is 2.34. The highest BCUT2D eigenvalue weighted by Gasteiger charge is 2.29. The van der Waals surface area contributed by atoms with Gasteiger partial charge < -0.3 is 20.3 Å². The normalized spacial score (nSPS) is 16.9. The lowest BCUT2D eigenvalue weighted by Crippen LogP contribution is -2.43. The molecular formula is C38H50N4O4. The predicted molar refractivity (Wildman–Crippen MR) is 184 cm³/mol. The lowest BCUT2D eigenvalue weighted by Gasteiger charge is -2.35. The van der Waals surface area contributed by atoms with Crippen molar-refractivity contribution < 1.29 is 19.1 Å². The number of rotatable bonds is 9. The molecule has 8 heteroatoms. The maximum absolute atomic E-state index is 13.1. The fourth-order valence-electron chi connectivity index (χ4n) is 6.07. The van der Waals surface area contributed by atoms with Crippen LogP contribution < -0.4 is 10.6 Å². The number of benzene rings is 2. The zero-order valence-electron chi connectivity index (χ0n) is 28.6. The van der Waals surface area contributed by atoms with Gasteiger partial charge in [-0.15, -0.1) is 0 Å². The maximum atomic E-state index is 13.1. The molecule has 0 saturated heterocycles. The Morgan fingerprint density at radius 1 is 0.913 bits per heavy atom. The van der Waals surface area contributed by atoms with E-state index in [-0.39, 0.29) is 23.8 Å². The van der Waals surface area contributed by atoms with Gasteiger partial charge in [0, 0.05) is 36.6 Å². The molecule has 0 spiro atoms. The number of anilines is 1.